The van der Waals surface area contributed by atoms with Crippen LogP contribution >= 0.6 is 0 Å². The van der Waals surface area contributed by atoms with Gasteiger partial charge in [-0.25, -0.2) is 0 Å². The van der Waals surface area contributed by atoms with Gasteiger partial charge >= 0.3 is 0 Å². The summed E-state index contributed by atoms with van der Waals surface area (Å²) in [7, 11) is 0. The molecule has 1 saturated heterocycles. The van der Waals surface area contributed by atoms with Crippen LogP contribution in [0.4, 0.5) is 11.4 Å². The van der Waals surface area contributed by atoms with E-state index >= 15 is 0 Å². The van der Waals surface area contributed by atoms with Gasteiger partial charge in [0.2, 0.25) is 11.8 Å². The first-order valence-corrected chi connectivity index (χ1v) is 8.14. The maximum absolute atomic E-state index is 12.1. The van der Waals surface area contributed by atoms with Gasteiger partial charge in [-0.2, -0.15) is 0 Å². The third-order valence-corrected chi connectivity index (χ3v) is 4.46. The van der Waals surface area contributed by atoms with Crippen LogP contribution in [0.15, 0.2) is 18.2 Å². The highest BCUT2D eigenvalue weighted by molar-refractivity contribution is 5.94. The van der Waals surface area contributed by atoms with Gasteiger partial charge in [0.05, 0.1) is 0 Å². The van der Waals surface area contributed by atoms with E-state index in [2.05, 4.69) is 16.0 Å². The van der Waals surface area contributed by atoms with Crippen molar-refractivity contribution in [2.24, 2.45) is 5.92 Å². The zero-order chi connectivity index (χ0) is 15.4. The fourth-order valence-electron chi connectivity index (χ4n) is 3.17. The van der Waals surface area contributed by atoms with Crippen LogP contribution in [0.3, 0.4) is 0 Å². The molecular formula is C17H23N3O2. The van der Waals surface area contributed by atoms with Gasteiger partial charge in [0.1, 0.15) is 0 Å². The standard InChI is InChI=1S/C17H23N3O2/c21-16-3-1-2-13-10-14(5-6-15(13)20-16)19-17(22)7-4-12-8-9-18-11-12/h5-6,10,12,18H,1-4,7-9,11H2,(H,19,22)(H,20,21). The van der Waals surface area contributed by atoms with Crippen LogP contribution < -0.4 is 16.0 Å². The second-order valence-electron chi connectivity index (χ2n) is 6.22. The molecule has 3 rings (SSSR count). The SMILES string of the molecule is O=C(CCC1CCNC1)Nc1ccc2c(c1)CCCC(=O)N2. The van der Waals surface area contributed by atoms with Crippen LogP contribution in [0, 0.1) is 5.92 Å². The van der Waals surface area contributed by atoms with Gasteiger partial charge < -0.3 is 16.0 Å². The number of anilines is 2. The quantitative estimate of drug-likeness (QED) is 0.799. The van der Waals surface area contributed by atoms with Crippen molar-refractivity contribution in [3.05, 3.63) is 23.8 Å². The summed E-state index contributed by atoms with van der Waals surface area (Å²) < 4.78 is 0. The summed E-state index contributed by atoms with van der Waals surface area (Å²) >= 11 is 0. The minimum absolute atomic E-state index is 0.0701. The topological polar surface area (TPSA) is 70.2 Å². The average Bonchev–Trinajstić information content (AvgIpc) is 2.94. The van der Waals surface area contributed by atoms with Crippen molar-refractivity contribution in [1.82, 2.24) is 5.32 Å². The second-order valence-corrected chi connectivity index (χ2v) is 6.22. The molecule has 118 valence electrons. The van der Waals surface area contributed by atoms with Gasteiger partial charge in [-0.3, -0.25) is 9.59 Å². The van der Waals surface area contributed by atoms with Crippen molar-refractivity contribution in [1.29, 1.82) is 0 Å². The highest BCUT2D eigenvalue weighted by Gasteiger charge is 2.16. The molecule has 0 spiro atoms. The van der Waals surface area contributed by atoms with Crippen LogP contribution in [-0.4, -0.2) is 24.9 Å². The van der Waals surface area contributed by atoms with E-state index in [0.29, 0.717) is 18.8 Å². The monoisotopic (exact) mass is 301 g/mol. The van der Waals surface area contributed by atoms with Crippen LogP contribution in [0.1, 0.15) is 37.7 Å². The lowest BCUT2D eigenvalue weighted by atomic mass is 10.0. The molecule has 3 N–H and O–H groups in total. The number of fused-ring (bicyclic) bond motifs is 1. The van der Waals surface area contributed by atoms with Crippen LogP contribution in [0.25, 0.3) is 0 Å². The highest BCUT2D eigenvalue weighted by Crippen LogP contribution is 2.25. The molecule has 1 fully saturated rings. The maximum atomic E-state index is 12.1. The van der Waals surface area contributed by atoms with Gasteiger partial charge in [-0.1, -0.05) is 0 Å². The Morgan fingerprint density at radius 3 is 3.05 bits per heavy atom. The molecule has 2 heterocycles. The van der Waals surface area contributed by atoms with Gasteiger partial charge in [0, 0.05) is 24.2 Å². The molecule has 0 bridgehead atoms. The van der Waals surface area contributed by atoms with E-state index in [-0.39, 0.29) is 11.8 Å². The third kappa shape index (κ3) is 3.85. The summed E-state index contributed by atoms with van der Waals surface area (Å²) in [5.74, 6) is 0.776. The molecule has 0 saturated carbocycles. The number of benzene rings is 1. The number of hydrogen-bond donors (Lipinski definition) is 3. The lowest BCUT2D eigenvalue weighted by Crippen LogP contribution is -2.15. The van der Waals surface area contributed by atoms with Crippen molar-refractivity contribution in [3.8, 4) is 0 Å². The van der Waals surface area contributed by atoms with E-state index in [9.17, 15) is 9.59 Å². The lowest BCUT2D eigenvalue weighted by molar-refractivity contribution is -0.117. The Balaban J connectivity index is 1.57. The molecule has 2 aliphatic rings. The first-order chi connectivity index (χ1) is 10.7. The molecule has 1 aromatic rings. The Kier molecular flexibility index (Phi) is 4.73. The molecule has 1 aromatic carbocycles. The summed E-state index contributed by atoms with van der Waals surface area (Å²) in [4.78, 5) is 23.6. The van der Waals surface area contributed by atoms with E-state index in [0.717, 1.165) is 49.3 Å². The first-order valence-electron chi connectivity index (χ1n) is 8.14. The molecule has 22 heavy (non-hydrogen) atoms. The molecule has 0 aromatic heterocycles. The highest BCUT2D eigenvalue weighted by atomic mass is 16.2. The van der Waals surface area contributed by atoms with Gasteiger partial charge in [-0.05, 0) is 68.5 Å². The molecule has 1 unspecified atom stereocenters. The van der Waals surface area contributed by atoms with Crippen molar-refractivity contribution < 1.29 is 9.59 Å². The smallest absolute Gasteiger partial charge is 0.224 e. The number of amides is 2. The fourth-order valence-corrected chi connectivity index (χ4v) is 3.17. The summed E-state index contributed by atoms with van der Waals surface area (Å²) in [5.41, 5.74) is 2.80. The normalized spacial score (nSPS) is 20.9. The summed E-state index contributed by atoms with van der Waals surface area (Å²) in [5, 5.41) is 9.21. The number of carbonyl (C=O) groups excluding carboxylic acids is 2. The number of carbonyl (C=O) groups is 2. The molecule has 2 amide bonds. The zero-order valence-corrected chi connectivity index (χ0v) is 12.8. The molecule has 5 heteroatoms. The molecule has 5 nitrogen and oxygen atoms in total. The lowest BCUT2D eigenvalue weighted by Gasteiger charge is -2.11. The minimum Gasteiger partial charge on any atom is -0.326 e. The van der Waals surface area contributed by atoms with E-state index in [1.54, 1.807) is 0 Å². The van der Waals surface area contributed by atoms with Gasteiger partial charge in [0.15, 0.2) is 0 Å². The zero-order valence-electron chi connectivity index (χ0n) is 12.8. The number of hydrogen-bond acceptors (Lipinski definition) is 3. The van der Waals surface area contributed by atoms with E-state index in [4.69, 9.17) is 0 Å². The molecular weight excluding hydrogens is 278 g/mol. The predicted octanol–water partition coefficient (Wildman–Crippen LogP) is 2.29. The number of nitrogens with one attached hydrogen (secondary N) is 3. The Labute approximate surface area is 130 Å². The van der Waals surface area contributed by atoms with Crippen LogP contribution in [-0.2, 0) is 16.0 Å². The van der Waals surface area contributed by atoms with Crippen molar-refractivity contribution in [2.45, 2.75) is 38.5 Å². The summed E-state index contributed by atoms with van der Waals surface area (Å²) in [6.45, 7) is 2.11. The maximum Gasteiger partial charge on any atom is 0.224 e. The molecule has 0 radical (unpaired) electrons. The largest absolute Gasteiger partial charge is 0.326 e. The Morgan fingerprint density at radius 1 is 1.32 bits per heavy atom. The summed E-state index contributed by atoms with van der Waals surface area (Å²) in [6, 6.07) is 5.73. The molecule has 0 aliphatic carbocycles. The minimum atomic E-state index is 0.0701. The van der Waals surface area contributed by atoms with Crippen molar-refractivity contribution in [2.75, 3.05) is 23.7 Å². The van der Waals surface area contributed by atoms with Crippen molar-refractivity contribution in [3.63, 3.8) is 0 Å². The van der Waals surface area contributed by atoms with E-state index in [1.165, 1.54) is 6.42 Å². The molecule has 2 aliphatic heterocycles. The van der Waals surface area contributed by atoms with Gasteiger partial charge in [0.25, 0.3) is 0 Å². The third-order valence-electron chi connectivity index (χ3n) is 4.46. The Bertz CT molecular complexity index is 565. The fraction of sp³-hybridized carbons (Fsp3) is 0.529. The average molecular weight is 301 g/mol. The summed E-state index contributed by atoms with van der Waals surface area (Å²) in [6.07, 6.45) is 4.97. The first kappa shape index (κ1) is 15.0. The number of rotatable bonds is 4. The Hall–Kier alpha value is -1.88. The van der Waals surface area contributed by atoms with E-state index < -0.39 is 0 Å². The number of aryl methyl sites for hydroxylation is 1. The van der Waals surface area contributed by atoms with E-state index in [1.807, 2.05) is 18.2 Å². The van der Waals surface area contributed by atoms with Crippen LogP contribution in [0.2, 0.25) is 0 Å². The predicted molar refractivity (Wildman–Crippen MR) is 86.9 cm³/mol. The Morgan fingerprint density at radius 2 is 2.23 bits per heavy atom. The van der Waals surface area contributed by atoms with Gasteiger partial charge in [-0.15, -0.1) is 0 Å². The van der Waals surface area contributed by atoms with Crippen molar-refractivity contribution >= 4 is 23.2 Å². The molecule has 1 atom stereocenters. The second kappa shape index (κ2) is 6.92. The van der Waals surface area contributed by atoms with Crippen LogP contribution in [0.5, 0.6) is 0 Å².